The van der Waals surface area contributed by atoms with Gasteiger partial charge in [-0.1, -0.05) is 24.3 Å². The second kappa shape index (κ2) is 17.9. The van der Waals surface area contributed by atoms with Gasteiger partial charge in [-0.2, -0.15) is 0 Å². The van der Waals surface area contributed by atoms with E-state index in [1.54, 1.807) is 0 Å². The van der Waals surface area contributed by atoms with E-state index in [0.717, 1.165) is 0 Å². The molecule has 4 heteroatoms. The Bertz CT molecular complexity index is 98.9. The van der Waals surface area contributed by atoms with Crippen LogP contribution < -0.4 is 37.2 Å². The Morgan fingerprint density at radius 1 is 0.667 bits per heavy atom. The molecule has 0 spiro atoms. The van der Waals surface area contributed by atoms with Crippen molar-refractivity contribution >= 4 is 0 Å². The maximum Gasteiger partial charge on any atom is 3.00 e. The van der Waals surface area contributed by atoms with Crippen LogP contribution in [0.15, 0.2) is 24.3 Å². The fourth-order valence-corrected chi connectivity index (χ4v) is 0.874. The van der Waals surface area contributed by atoms with Gasteiger partial charge in [0.25, 0.3) is 0 Å². The van der Waals surface area contributed by atoms with Crippen molar-refractivity contribution in [2.45, 2.75) is 25.7 Å². The molecule has 0 aromatic rings. The van der Waals surface area contributed by atoms with Crippen LogP contribution >= 0.6 is 0 Å². The third-order valence-corrected chi connectivity index (χ3v) is 1.37. The SMILES string of the molecule is C1=C\CCCC\C=C/1.[Cl-].[Cl-].[Cl-].[Rh+3]. The van der Waals surface area contributed by atoms with E-state index in [-0.39, 0.29) is 56.7 Å². The molecule has 1 aliphatic carbocycles. The molecule has 0 aromatic heterocycles. The van der Waals surface area contributed by atoms with Gasteiger partial charge in [-0.25, -0.2) is 0 Å². The van der Waals surface area contributed by atoms with Crippen molar-refractivity contribution in [3.8, 4) is 0 Å². The average molecular weight is 317 g/mol. The summed E-state index contributed by atoms with van der Waals surface area (Å²) in [5, 5.41) is 0. The Morgan fingerprint density at radius 2 is 1.00 bits per heavy atom. The molecule has 74 valence electrons. The third kappa shape index (κ3) is 13.6. The molecular weight excluding hydrogens is 305 g/mol. The van der Waals surface area contributed by atoms with E-state index >= 15 is 0 Å². The van der Waals surface area contributed by atoms with Crippen LogP contribution in [-0.2, 0) is 19.5 Å². The van der Waals surface area contributed by atoms with E-state index in [1.807, 2.05) is 0 Å². The van der Waals surface area contributed by atoms with E-state index in [1.165, 1.54) is 25.7 Å². The Labute approximate surface area is 106 Å². The number of allylic oxidation sites excluding steroid dienone is 4. The van der Waals surface area contributed by atoms with Gasteiger partial charge < -0.3 is 37.2 Å². The standard InChI is InChI=1S/C8H12.3ClH.Rh/c1-2-4-6-8-7-5-3-1;;;;/h1-4H,5-8H2;3*1H;/q;;;;+3/p-3/b3-1-,4-2-;;;;. The van der Waals surface area contributed by atoms with Crippen LogP contribution in [0.4, 0.5) is 0 Å². The average Bonchev–Trinajstić information content (AvgIpc) is 1.62. The van der Waals surface area contributed by atoms with Gasteiger partial charge in [0, 0.05) is 0 Å². The van der Waals surface area contributed by atoms with Gasteiger partial charge in [-0.15, -0.1) is 0 Å². The van der Waals surface area contributed by atoms with Gasteiger partial charge in [0.1, 0.15) is 0 Å². The predicted molar refractivity (Wildman–Crippen MR) is 36.7 cm³/mol. The summed E-state index contributed by atoms with van der Waals surface area (Å²) in [5.74, 6) is 0. The maximum absolute atomic E-state index is 2.23. The summed E-state index contributed by atoms with van der Waals surface area (Å²) in [6, 6.07) is 0. The molecule has 0 fully saturated rings. The van der Waals surface area contributed by atoms with E-state index in [4.69, 9.17) is 0 Å². The van der Waals surface area contributed by atoms with E-state index in [9.17, 15) is 0 Å². The van der Waals surface area contributed by atoms with Crippen LogP contribution in [0.1, 0.15) is 25.7 Å². The summed E-state index contributed by atoms with van der Waals surface area (Å²) in [6.45, 7) is 0. The molecule has 0 aromatic carbocycles. The maximum atomic E-state index is 2.23. The Morgan fingerprint density at radius 3 is 1.33 bits per heavy atom. The zero-order valence-corrected chi connectivity index (χ0v) is 10.5. The predicted octanol–water partition coefficient (Wildman–Crippen LogP) is -6.32. The number of hydrogen-bond donors (Lipinski definition) is 0. The fraction of sp³-hybridized carbons (Fsp3) is 0.500. The van der Waals surface area contributed by atoms with Gasteiger partial charge in [0.15, 0.2) is 0 Å². The summed E-state index contributed by atoms with van der Waals surface area (Å²) in [5.41, 5.74) is 0. The van der Waals surface area contributed by atoms with Crippen molar-refractivity contribution in [1.82, 2.24) is 0 Å². The third-order valence-electron chi connectivity index (χ3n) is 1.37. The first-order valence-corrected chi connectivity index (χ1v) is 3.32. The van der Waals surface area contributed by atoms with Gasteiger partial charge in [0.2, 0.25) is 0 Å². The first kappa shape index (κ1) is 23.1. The van der Waals surface area contributed by atoms with E-state index in [0.29, 0.717) is 0 Å². The van der Waals surface area contributed by atoms with Crippen molar-refractivity contribution in [3.63, 3.8) is 0 Å². The van der Waals surface area contributed by atoms with Crippen molar-refractivity contribution in [1.29, 1.82) is 0 Å². The van der Waals surface area contributed by atoms with Crippen LogP contribution in [0.2, 0.25) is 0 Å². The van der Waals surface area contributed by atoms with Crippen LogP contribution in [0.25, 0.3) is 0 Å². The fourth-order valence-electron chi connectivity index (χ4n) is 0.874. The number of hydrogen-bond acceptors (Lipinski definition) is 0. The topological polar surface area (TPSA) is 0 Å². The summed E-state index contributed by atoms with van der Waals surface area (Å²) in [6.07, 6.45) is 14.0. The molecule has 0 saturated heterocycles. The largest absolute Gasteiger partial charge is 3.00 e. The van der Waals surface area contributed by atoms with Crippen LogP contribution in [0, 0.1) is 0 Å². The van der Waals surface area contributed by atoms with E-state index in [2.05, 4.69) is 24.3 Å². The Kier molecular flexibility index (Phi) is 34.5. The molecule has 1 aliphatic rings. The zero-order chi connectivity index (χ0) is 5.66. The molecule has 12 heavy (non-hydrogen) atoms. The summed E-state index contributed by atoms with van der Waals surface area (Å²) in [7, 11) is 0. The van der Waals surface area contributed by atoms with Crippen LogP contribution in [0.3, 0.4) is 0 Å². The quantitative estimate of drug-likeness (QED) is 0.390. The molecule has 0 bridgehead atoms. The molecule has 1 rings (SSSR count). The number of rotatable bonds is 0. The first-order chi connectivity index (χ1) is 4.00. The molecule has 0 aliphatic heterocycles. The van der Waals surface area contributed by atoms with Crippen LogP contribution in [-0.4, -0.2) is 0 Å². The summed E-state index contributed by atoms with van der Waals surface area (Å²) >= 11 is 0. The van der Waals surface area contributed by atoms with Crippen molar-refractivity contribution in [3.05, 3.63) is 24.3 Å². The van der Waals surface area contributed by atoms with E-state index < -0.39 is 0 Å². The normalized spacial score (nSPS) is 18.7. The van der Waals surface area contributed by atoms with Gasteiger partial charge in [-0.3, -0.25) is 0 Å². The van der Waals surface area contributed by atoms with Crippen molar-refractivity contribution in [2.75, 3.05) is 0 Å². The second-order valence-corrected chi connectivity index (χ2v) is 2.14. The van der Waals surface area contributed by atoms with Gasteiger partial charge in [-0.05, 0) is 25.7 Å². The van der Waals surface area contributed by atoms with Crippen molar-refractivity contribution in [2.24, 2.45) is 0 Å². The summed E-state index contributed by atoms with van der Waals surface area (Å²) in [4.78, 5) is 0. The molecule has 0 N–H and O–H groups in total. The minimum absolute atomic E-state index is 0. The second-order valence-electron chi connectivity index (χ2n) is 2.14. The Hall–Kier alpha value is 0.973. The molecule has 0 atom stereocenters. The molecule has 0 unspecified atom stereocenters. The minimum atomic E-state index is 0. The van der Waals surface area contributed by atoms with Crippen molar-refractivity contribution < 1.29 is 56.7 Å². The Balaban J connectivity index is -0.0000000800. The monoisotopic (exact) mass is 316 g/mol. The number of halogens is 3. The smallest absolute Gasteiger partial charge is 1.00 e. The first-order valence-electron chi connectivity index (χ1n) is 3.32. The molecule has 0 nitrogen and oxygen atoms in total. The molecule has 0 radical (unpaired) electrons. The zero-order valence-electron chi connectivity index (χ0n) is 6.61. The molecule has 0 heterocycles. The molecule has 0 amide bonds. The van der Waals surface area contributed by atoms with Crippen LogP contribution in [0.5, 0.6) is 0 Å². The van der Waals surface area contributed by atoms with Gasteiger partial charge >= 0.3 is 19.5 Å². The molecule has 0 saturated carbocycles. The van der Waals surface area contributed by atoms with Gasteiger partial charge in [0.05, 0.1) is 0 Å². The summed E-state index contributed by atoms with van der Waals surface area (Å²) < 4.78 is 0. The molecular formula is C8H12Cl3Rh. The minimum Gasteiger partial charge on any atom is -1.00 e.